The van der Waals surface area contributed by atoms with Crippen LogP contribution in [0.5, 0.6) is 0 Å². The van der Waals surface area contributed by atoms with Gasteiger partial charge in [0.15, 0.2) is 0 Å². The van der Waals surface area contributed by atoms with Crippen LogP contribution in [0.15, 0.2) is 29.2 Å². The van der Waals surface area contributed by atoms with E-state index < -0.39 is 0 Å². The predicted molar refractivity (Wildman–Crippen MR) is 95.4 cm³/mol. The molecule has 118 valence electrons. The number of hydrogen-bond acceptors (Lipinski definition) is 2. The van der Waals surface area contributed by atoms with Crippen LogP contribution >= 0.6 is 23.4 Å². The van der Waals surface area contributed by atoms with Gasteiger partial charge in [-0.25, -0.2) is 0 Å². The Hall–Kier alpha value is -0.180. The molecule has 1 aromatic rings. The van der Waals surface area contributed by atoms with Crippen molar-refractivity contribution in [1.82, 2.24) is 5.32 Å². The van der Waals surface area contributed by atoms with E-state index in [0.29, 0.717) is 16.7 Å². The van der Waals surface area contributed by atoms with Crippen LogP contribution in [-0.4, -0.2) is 17.8 Å². The Morgan fingerprint density at radius 2 is 1.86 bits per heavy atom. The molecule has 3 unspecified atom stereocenters. The van der Waals surface area contributed by atoms with Gasteiger partial charge in [-0.3, -0.25) is 0 Å². The van der Waals surface area contributed by atoms with Crippen molar-refractivity contribution in [3.05, 3.63) is 29.3 Å². The zero-order valence-electron chi connectivity index (χ0n) is 13.7. The van der Waals surface area contributed by atoms with Crippen molar-refractivity contribution in [2.75, 3.05) is 6.54 Å². The van der Waals surface area contributed by atoms with E-state index in [-0.39, 0.29) is 0 Å². The Morgan fingerprint density at radius 1 is 1.19 bits per heavy atom. The maximum absolute atomic E-state index is 5.99. The van der Waals surface area contributed by atoms with Crippen molar-refractivity contribution in [3.63, 3.8) is 0 Å². The maximum Gasteiger partial charge on any atom is 0.0406 e. The van der Waals surface area contributed by atoms with Crippen LogP contribution in [0.4, 0.5) is 0 Å². The molecule has 21 heavy (non-hydrogen) atoms. The van der Waals surface area contributed by atoms with Crippen molar-refractivity contribution >= 4 is 23.4 Å². The van der Waals surface area contributed by atoms with Gasteiger partial charge >= 0.3 is 0 Å². The summed E-state index contributed by atoms with van der Waals surface area (Å²) >= 11 is 8.01. The molecular weight excluding hydrogens is 298 g/mol. The second-order valence-corrected chi connectivity index (χ2v) is 8.90. The van der Waals surface area contributed by atoms with E-state index in [9.17, 15) is 0 Å². The van der Waals surface area contributed by atoms with Crippen molar-refractivity contribution in [3.8, 4) is 0 Å². The van der Waals surface area contributed by atoms with Crippen LogP contribution in [0.3, 0.4) is 0 Å². The van der Waals surface area contributed by atoms with Gasteiger partial charge in [0.1, 0.15) is 0 Å². The van der Waals surface area contributed by atoms with Gasteiger partial charge in [-0.1, -0.05) is 39.3 Å². The first-order valence-electron chi connectivity index (χ1n) is 8.05. The highest BCUT2D eigenvalue weighted by molar-refractivity contribution is 8.00. The fourth-order valence-corrected chi connectivity index (χ4v) is 4.72. The van der Waals surface area contributed by atoms with Gasteiger partial charge in [0.2, 0.25) is 0 Å². The molecule has 0 heterocycles. The normalized spacial score (nSPS) is 26.8. The molecule has 1 nitrogen and oxygen atoms in total. The molecule has 0 bridgehead atoms. The van der Waals surface area contributed by atoms with E-state index in [2.05, 4.69) is 45.1 Å². The molecule has 1 N–H and O–H groups in total. The molecule has 0 aromatic heterocycles. The molecule has 2 rings (SSSR count). The first-order chi connectivity index (χ1) is 9.90. The average Bonchev–Trinajstić information content (AvgIpc) is 2.42. The van der Waals surface area contributed by atoms with E-state index in [4.69, 9.17) is 11.6 Å². The SMILES string of the molecule is CCNC1CCC(C(C)(C)C)CC1Sc1ccc(Cl)cc1. The number of rotatable bonds is 4. The molecule has 0 aliphatic heterocycles. The molecular formula is C18H28ClNS. The summed E-state index contributed by atoms with van der Waals surface area (Å²) in [6, 6.07) is 8.93. The lowest BCUT2D eigenvalue weighted by molar-refractivity contribution is 0.165. The van der Waals surface area contributed by atoms with Crippen molar-refractivity contribution < 1.29 is 0 Å². The molecule has 0 radical (unpaired) electrons. The van der Waals surface area contributed by atoms with E-state index in [0.717, 1.165) is 17.5 Å². The second kappa shape index (κ2) is 7.39. The first-order valence-corrected chi connectivity index (χ1v) is 9.31. The summed E-state index contributed by atoms with van der Waals surface area (Å²) in [6.45, 7) is 10.4. The summed E-state index contributed by atoms with van der Waals surface area (Å²) in [6.07, 6.45) is 3.94. The molecule has 3 heteroatoms. The van der Waals surface area contributed by atoms with E-state index in [1.807, 2.05) is 23.9 Å². The van der Waals surface area contributed by atoms with Crippen LogP contribution in [0, 0.1) is 11.3 Å². The van der Waals surface area contributed by atoms with Gasteiger partial charge in [-0.2, -0.15) is 0 Å². The molecule has 1 aliphatic rings. The highest BCUT2D eigenvalue weighted by atomic mass is 35.5. The highest BCUT2D eigenvalue weighted by Crippen LogP contribution is 2.43. The minimum atomic E-state index is 0.413. The van der Waals surface area contributed by atoms with Crippen molar-refractivity contribution in [2.45, 2.75) is 63.1 Å². The van der Waals surface area contributed by atoms with Crippen molar-refractivity contribution in [1.29, 1.82) is 0 Å². The third-order valence-corrected chi connectivity index (χ3v) is 6.20. The number of thioether (sulfide) groups is 1. The van der Waals surface area contributed by atoms with E-state index >= 15 is 0 Å². The summed E-state index contributed by atoms with van der Waals surface area (Å²) < 4.78 is 0. The monoisotopic (exact) mass is 325 g/mol. The maximum atomic E-state index is 5.99. The van der Waals surface area contributed by atoms with Crippen LogP contribution in [0.2, 0.25) is 5.02 Å². The molecule has 1 aromatic carbocycles. The van der Waals surface area contributed by atoms with Gasteiger partial charge in [-0.15, -0.1) is 11.8 Å². The quantitative estimate of drug-likeness (QED) is 0.770. The molecule has 0 amide bonds. The van der Waals surface area contributed by atoms with Gasteiger partial charge in [0.05, 0.1) is 0 Å². The number of halogens is 1. The van der Waals surface area contributed by atoms with Crippen LogP contribution in [-0.2, 0) is 0 Å². The third kappa shape index (κ3) is 4.91. The standard InChI is InChI=1S/C18H28ClNS/c1-5-20-16-11-6-13(18(2,3)4)12-17(16)21-15-9-7-14(19)8-10-15/h7-10,13,16-17,20H,5-6,11-12H2,1-4H3. The summed E-state index contributed by atoms with van der Waals surface area (Å²) in [5, 5.41) is 5.17. The Morgan fingerprint density at radius 3 is 2.43 bits per heavy atom. The Balaban J connectivity index is 2.08. The summed E-state index contributed by atoms with van der Waals surface area (Å²) in [7, 11) is 0. The van der Waals surface area contributed by atoms with Gasteiger partial charge in [-0.05, 0) is 61.4 Å². The highest BCUT2D eigenvalue weighted by Gasteiger charge is 2.35. The predicted octanol–water partition coefficient (Wildman–Crippen LogP) is 5.63. The minimum absolute atomic E-state index is 0.413. The van der Waals surface area contributed by atoms with Crippen LogP contribution < -0.4 is 5.32 Å². The van der Waals surface area contributed by atoms with Crippen molar-refractivity contribution in [2.24, 2.45) is 11.3 Å². The lowest BCUT2D eigenvalue weighted by Crippen LogP contribution is -2.44. The molecule has 3 atom stereocenters. The van der Waals surface area contributed by atoms with E-state index in [1.54, 1.807) is 0 Å². The van der Waals surface area contributed by atoms with Gasteiger partial charge in [0, 0.05) is 21.2 Å². The molecule has 0 spiro atoms. The minimum Gasteiger partial charge on any atom is -0.313 e. The van der Waals surface area contributed by atoms with Gasteiger partial charge in [0.25, 0.3) is 0 Å². The van der Waals surface area contributed by atoms with Crippen LogP contribution in [0.25, 0.3) is 0 Å². The zero-order chi connectivity index (χ0) is 15.5. The van der Waals surface area contributed by atoms with Gasteiger partial charge < -0.3 is 5.32 Å². The zero-order valence-corrected chi connectivity index (χ0v) is 15.2. The first kappa shape index (κ1) is 17.2. The average molecular weight is 326 g/mol. The summed E-state index contributed by atoms with van der Waals surface area (Å²) in [4.78, 5) is 1.34. The lowest BCUT2D eigenvalue weighted by Gasteiger charge is -2.42. The fraction of sp³-hybridized carbons (Fsp3) is 0.667. The molecule has 1 saturated carbocycles. The lowest BCUT2D eigenvalue weighted by atomic mass is 9.71. The Kier molecular flexibility index (Phi) is 6.05. The molecule has 1 aliphatic carbocycles. The summed E-state index contributed by atoms with van der Waals surface area (Å²) in [5.74, 6) is 0.817. The number of nitrogens with one attached hydrogen (secondary N) is 1. The smallest absolute Gasteiger partial charge is 0.0406 e. The fourth-order valence-electron chi connectivity index (χ4n) is 3.23. The number of hydrogen-bond donors (Lipinski definition) is 1. The Labute approximate surface area is 139 Å². The largest absolute Gasteiger partial charge is 0.313 e. The topological polar surface area (TPSA) is 12.0 Å². The summed E-state index contributed by atoms with van der Waals surface area (Å²) in [5.41, 5.74) is 0.413. The molecule has 0 saturated heterocycles. The third-order valence-electron chi connectivity index (χ3n) is 4.58. The van der Waals surface area contributed by atoms with Crippen LogP contribution in [0.1, 0.15) is 47.0 Å². The van der Waals surface area contributed by atoms with E-state index in [1.165, 1.54) is 24.2 Å². The second-order valence-electron chi connectivity index (χ2n) is 7.15. The number of benzene rings is 1. The molecule has 1 fully saturated rings. The Bertz CT molecular complexity index is 438.